The van der Waals surface area contributed by atoms with Gasteiger partial charge in [0.1, 0.15) is 13.1 Å². The van der Waals surface area contributed by atoms with Crippen LogP contribution in [0.3, 0.4) is 0 Å². The summed E-state index contributed by atoms with van der Waals surface area (Å²) < 4.78 is 36.3. The van der Waals surface area contributed by atoms with Gasteiger partial charge in [-0.15, -0.1) is 15.3 Å². The van der Waals surface area contributed by atoms with Crippen molar-refractivity contribution < 1.29 is 48.1 Å². The number of amides is 2. The molecular formula is C29H34ClN3O8. The van der Waals surface area contributed by atoms with Crippen molar-refractivity contribution in [2.24, 2.45) is 0 Å². The fourth-order valence-corrected chi connectivity index (χ4v) is 5.64. The monoisotopic (exact) mass is 587 g/mol. The van der Waals surface area contributed by atoms with Crippen LogP contribution in [0.25, 0.3) is 6.08 Å². The molecule has 0 bridgehead atoms. The van der Waals surface area contributed by atoms with Crippen LogP contribution in [0.1, 0.15) is 68.2 Å². The van der Waals surface area contributed by atoms with Gasteiger partial charge in [-0.05, 0) is 52.6 Å². The maximum absolute atomic E-state index is 12.3. The van der Waals surface area contributed by atoms with Crippen LogP contribution >= 0.6 is 0 Å². The van der Waals surface area contributed by atoms with Crippen LogP contribution in [-0.4, -0.2) is 50.0 Å². The van der Waals surface area contributed by atoms with Crippen molar-refractivity contribution in [1.82, 2.24) is 9.64 Å². The van der Waals surface area contributed by atoms with Crippen LogP contribution < -0.4 is 38.7 Å². The number of imide groups is 1. The molecule has 5 rings (SSSR count). The second kappa shape index (κ2) is 11.9. The van der Waals surface area contributed by atoms with Gasteiger partial charge in [-0.2, -0.15) is 0 Å². The number of halogens is 1. The van der Waals surface area contributed by atoms with Crippen molar-refractivity contribution in [2.75, 3.05) is 32.1 Å². The minimum atomic E-state index is -4.94. The Bertz CT molecular complexity index is 1470. The van der Waals surface area contributed by atoms with E-state index in [1.807, 2.05) is 0 Å². The van der Waals surface area contributed by atoms with Gasteiger partial charge in [-0.1, -0.05) is 19.9 Å². The number of anilines is 1. The molecule has 0 spiro atoms. The van der Waals surface area contributed by atoms with E-state index in [1.54, 1.807) is 0 Å². The zero-order valence-corrected chi connectivity index (χ0v) is 24.4. The second-order valence-electron chi connectivity index (χ2n) is 11.1. The van der Waals surface area contributed by atoms with Gasteiger partial charge in [0.05, 0.1) is 6.42 Å². The summed E-state index contributed by atoms with van der Waals surface area (Å²) in [6.45, 7) is 6.25. The number of carbonyl (C=O) groups is 3. The summed E-state index contributed by atoms with van der Waals surface area (Å²) in [5.41, 5.74) is 6.33. The molecule has 220 valence electrons. The molecule has 0 radical (unpaired) electrons. The van der Waals surface area contributed by atoms with Gasteiger partial charge >= 0.3 is 5.97 Å². The lowest BCUT2D eigenvalue weighted by atomic mass is 9.71. The number of carbonyl (C=O) groups excluding carboxylic acids is 3. The molecule has 1 aliphatic carbocycles. The molecule has 0 atom stereocenters. The molecule has 0 N–H and O–H groups in total. The van der Waals surface area contributed by atoms with E-state index in [4.69, 9.17) is 23.5 Å². The maximum atomic E-state index is 12.3. The quantitative estimate of drug-likeness (QED) is 0.258. The largest absolute Gasteiger partial charge is 0.378 e. The minimum absolute atomic E-state index is 0.107. The fourth-order valence-electron chi connectivity index (χ4n) is 5.64. The van der Waals surface area contributed by atoms with Gasteiger partial charge in [-0.25, -0.2) is 28.0 Å². The summed E-state index contributed by atoms with van der Waals surface area (Å²) in [5.74, 6) is -1.42. The van der Waals surface area contributed by atoms with E-state index in [0.717, 1.165) is 19.4 Å². The first kappa shape index (κ1) is 30.6. The Labute approximate surface area is 240 Å². The molecule has 1 fully saturated rings. The Hall–Kier alpha value is -3.35. The van der Waals surface area contributed by atoms with Crippen molar-refractivity contribution in [3.63, 3.8) is 0 Å². The molecule has 2 aromatic rings. The number of nitrogens with zero attached hydrogens (tertiary/aromatic N) is 3. The van der Waals surface area contributed by atoms with Crippen molar-refractivity contribution in [3.8, 4) is 0 Å². The van der Waals surface area contributed by atoms with Crippen LogP contribution in [0.5, 0.6) is 0 Å². The Balaban J connectivity index is 0.000000714. The van der Waals surface area contributed by atoms with Gasteiger partial charge in [-0.3, -0.25) is 9.59 Å². The van der Waals surface area contributed by atoms with E-state index in [0.29, 0.717) is 18.0 Å². The predicted molar refractivity (Wildman–Crippen MR) is 138 cm³/mol. The Morgan fingerprint density at radius 2 is 1.68 bits per heavy atom. The van der Waals surface area contributed by atoms with E-state index in [-0.39, 0.29) is 24.7 Å². The maximum Gasteiger partial charge on any atom is 0.333 e. The van der Waals surface area contributed by atoms with Crippen molar-refractivity contribution in [1.29, 1.82) is 0 Å². The zero-order chi connectivity index (χ0) is 30.1. The zero-order valence-electron chi connectivity index (χ0n) is 23.6. The SMILES string of the molecule is CN(C)c1ccc2c(c1)C(C)(C)c1cc3c(cc1=C2)CCC[N+]=3CCCC(=O)ON1C(=O)CCC1=O.[O-][Cl+3]([O-])([O-])[O-]. The highest BCUT2D eigenvalue weighted by atomic mass is 35.7. The Morgan fingerprint density at radius 1 is 1.02 bits per heavy atom. The predicted octanol–water partition coefficient (Wildman–Crippen LogP) is -2.71. The highest BCUT2D eigenvalue weighted by Gasteiger charge is 2.34. The number of fused-ring (bicyclic) bond motifs is 3. The van der Waals surface area contributed by atoms with Gasteiger partial charge in [0.25, 0.3) is 11.8 Å². The molecular weight excluding hydrogens is 554 g/mol. The summed E-state index contributed by atoms with van der Waals surface area (Å²) in [7, 11) is -0.805. The number of rotatable bonds is 6. The average molecular weight is 588 g/mol. The average Bonchev–Trinajstić information content (AvgIpc) is 3.19. The fraction of sp³-hybridized carbons (Fsp3) is 0.448. The number of aryl methyl sites for hydroxylation is 1. The van der Waals surface area contributed by atoms with E-state index in [1.165, 1.54) is 38.5 Å². The Kier molecular flexibility index (Phi) is 8.86. The van der Waals surface area contributed by atoms with Crippen LogP contribution in [0, 0.1) is 10.2 Å². The van der Waals surface area contributed by atoms with E-state index < -0.39 is 28.0 Å². The smallest absolute Gasteiger partial charge is 0.333 e. The third-order valence-electron chi connectivity index (χ3n) is 7.68. The van der Waals surface area contributed by atoms with E-state index in [9.17, 15) is 14.4 Å². The minimum Gasteiger partial charge on any atom is -0.378 e. The lowest BCUT2D eigenvalue weighted by Gasteiger charge is -2.33. The third-order valence-corrected chi connectivity index (χ3v) is 7.68. The molecule has 41 heavy (non-hydrogen) atoms. The van der Waals surface area contributed by atoms with Crippen LogP contribution in [0.4, 0.5) is 5.69 Å². The molecule has 12 heteroatoms. The molecule has 3 aliphatic rings. The topological polar surface area (TPSA) is 162 Å². The first-order chi connectivity index (χ1) is 19.1. The molecule has 0 saturated carbocycles. The summed E-state index contributed by atoms with van der Waals surface area (Å²) in [6, 6.07) is 11.4. The highest BCUT2D eigenvalue weighted by Crippen LogP contribution is 2.36. The Morgan fingerprint density at radius 3 is 2.32 bits per heavy atom. The number of hydrogen-bond donors (Lipinski definition) is 0. The normalized spacial score (nSPS) is 17.1. The highest BCUT2D eigenvalue weighted by molar-refractivity contribution is 6.01. The second-order valence-corrected chi connectivity index (χ2v) is 11.9. The molecule has 2 aliphatic heterocycles. The van der Waals surface area contributed by atoms with Gasteiger partial charge in [0.15, 0.2) is 0 Å². The molecule has 0 unspecified atom stereocenters. The molecule has 2 amide bonds. The van der Waals surface area contributed by atoms with Crippen LogP contribution in [0.2, 0.25) is 0 Å². The third kappa shape index (κ3) is 7.11. The standard InChI is InChI=1S/C29H34N3O4.ClHO4/c1-29(2)23-17-22(30(3)4)10-9-19(23)15-21-16-20-7-5-13-31(25(20)18-24(21)29)14-6-8-28(35)36-32-26(33)11-12-27(32)34;2-1(3,4)5/h9-10,15-18H,5-8,11-14H2,1-4H3;(H,2,3,4,5)/q+1;/p-1. The number of benzene rings is 2. The molecule has 1 saturated heterocycles. The van der Waals surface area contributed by atoms with Crippen LogP contribution in [-0.2, 0) is 31.1 Å². The molecule has 2 heterocycles. The van der Waals surface area contributed by atoms with E-state index >= 15 is 0 Å². The molecule has 11 nitrogen and oxygen atoms in total. The number of hydrogen-bond acceptors (Lipinski definition) is 9. The number of hydroxylamine groups is 2. The van der Waals surface area contributed by atoms with E-state index in [2.05, 4.69) is 73.8 Å². The summed E-state index contributed by atoms with van der Waals surface area (Å²) >= 11 is 0. The van der Waals surface area contributed by atoms with Crippen molar-refractivity contribution >= 4 is 29.5 Å². The summed E-state index contributed by atoms with van der Waals surface area (Å²) in [5, 5.41) is 3.16. The lowest BCUT2D eigenvalue weighted by Crippen LogP contribution is -2.68. The summed E-state index contributed by atoms with van der Waals surface area (Å²) in [6.07, 6.45) is 5.39. The molecule has 2 aromatic carbocycles. The van der Waals surface area contributed by atoms with Gasteiger partial charge in [0, 0.05) is 62.5 Å². The van der Waals surface area contributed by atoms with Gasteiger partial charge < -0.3 is 9.74 Å². The van der Waals surface area contributed by atoms with Crippen molar-refractivity contribution in [2.45, 2.75) is 57.8 Å². The molecule has 0 aromatic heterocycles. The van der Waals surface area contributed by atoms with Gasteiger partial charge in [0.2, 0.25) is 5.36 Å². The first-order valence-corrected chi connectivity index (χ1v) is 14.7. The first-order valence-electron chi connectivity index (χ1n) is 13.4. The van der Waals surface area contributed by atoms with Crippen molar-refractivity contribution in [3.05, 3.63) is 63.2 Å². The lowest BCUT2D eigenvalue weighted by molar-refractivity contribution is -2.00. The van der Waals surface area contributed by atoms with Crippen LogP contribution in [0.15, 0.2) is 30.3 Å². The summed E-state index contributed by atoms with van der Waals surface area (Å²) in [4.78, 5) is 42.8.